The van der Waals surface area contributed by atoms with E-state index >= 15 is 0 Å². The van der Waals surface area contributed by atoms with Gasteiger partial charge >= 0.3 is 0 Å². The summed E-state index contributed by atoms with van der Waals surface area (Å²) in [6, 6.07) is 13.7. The fourth-order valence-corrected chi connectivity index (χ4v) is 3.82. The van der Waals surface area contributed by atoms with Crippen molar-refractivity contribution in [2.45, 2.75) is 18.6 Å². The van der Waals surface area contributed by atoms with Gasteiger partial charge in [0.2, 0.25) is 5.96 Å². The van der Waals surface area contributed by atoms with E-state index in [0.29, 0.717) is 11.4 Å². The molecular weight excluding hydrogens is 490 g/mol. The van der Waals surface area contributed by atoms with E-state index in [9.17, 15) is 18.0 Å². The molecule has 0 saturated carbocycles. The second-order valence-corrected chi connectivity index (χ2v) is 8.36. The lowest BCUT2D eigenvalue weighted by Crippen LogP contribution is -2.39. The summed E-state index contributed by atoms with van der Waals surface area (Å²) < 4.78 is 40.6. The molecule has 0 bridgehead atoms. The summed E-state index contributed by atoms with van der Waals surface area (Å²) in [6.45, 7) is 0. The molecule has 3 aromatic rings. The predicted octanol–water partition coefficient (Wildman–Crippen LogP) is 5.17. The first-order chi connectivity index (χ1) is 16.3. The van der Waals surface area contributed by atoms with E-state index in [4.69, 9.17) is 23.2 Å². The first-order valence-electron chi connectivity index (χ1n) is 10.1. The molecule has 0 aliphatic carbocycles. The van der Waals surface area contributed by atoms with Gasteiger partial charge < -0.3 is 5.32 Å². The van der Waals surface area contributed by atoms with Crippen LogP contribution in [0.4, 0.5) is 18.9 Å². The third-order valence-corrected chi connectivity index (χ3v) is 5.41. The van der Waals surface area contributed by atoms with Gasteiger partial charge in [0.25, 0.3) is 5.91 Å². The average molecular weight is 508 g/mol. The topological polar surface area (TPSA) is 77.5 Å². The predicted molar refractivity (Wildman–Crippen MR) is 125 cm³/mol. The van der Waals surface area contributed by atoms with Crippen molar-refractivity contribution in [2.75, 3.05) is 5.32 Å². The Morgan fingerprint density at radius 3 is 2.50 bits per heavy atom. The Morgan fingerprint density at radius 2 is 1.76 bits per heavy atom. The highest BCUT2D eigenvalue weighted by Crippen LogP contribution is 2.25. The van der Waals surface area contributed by atoms with Crippen molar-refractivity contribution in [1.82, 2.24) is 16.2 Å². The molecule has 1 amide bonds. The summed E-state index contributed by atoms with van der Waals surface area (Å²) in [5.41, 5.74) is 7.16. The van der Waals surface area contributed by atoms with E-state index in [0.717, 1.165) is 29.8 Å². The van der Waals surface area contributed by atoms with Gasteiger partial charge in [0, 0.05) is 33.8 Å². The molecule has 1 heterocycles. The third-order valence-electron chi connectivity index (χ3n) is 4.96. The zero-order chi connectivity index (χ0) is 24.2. The molecule has 0 radical (unpaired) electrons. The zero-order valence-corrected chi connectivity index (χ0v) is 18.9. The van der Waals surface area contributed by atoms with Crippen LogP contribution in [0.2, 0.25) is 10.0 Å². The number of halogens is 5. The number of amides is 1. The monoisotopic (exact) mass is 507 g/mol. The van der Waals surface area contributed by atoms with Crippen molar-refractivity contribution < 1.29 is 18.0 Å². The molecule has 1 aliphatic rings. The van der Waals surface area contributed by atoms with Crippen LogP contribution in [0.5, 0.6) is 0 Å². The van der Waals surface area contributed by atoms with Gasteiger partial charge in [-0.25, -0.2) is 29.0 Å². The van der Waals surface area contributed by atoms with E-state index in [1.807, 2.05) is 18.2 Å². The van der Waals surface area contributed by atoms with Crippen molar-refractivity contribution in [1.29, 1.82) is 0 Å². The van der Waals surface area contributed by atoms with Crippen LogP contribution >= 0.6 is 23.2 Å². The maximum Gasteiger partial charge on any atom is 0.258 e. The second kappa shape index (κ2) is 10.4. The Balaban J connectivity index is 1.57. The van der Waals surface area contributed by atoms with Gasteiger partial charge in [0.15, 0.2) is 11.6 Å². The van der Waals surface area contributed by atoms with E-state index < -0.39 is 29.5 Å². The molecule has 1 aliphatic heterocycles. The highest BCUT2D eigenvalue weighted by Gasteiger charge is 2.25. The number of carbonyl (C=O) groups excluding carboxylic acids is 1. The van der Waals surface area contributed by atoms with Gasteiger partial charge in [-0.15, -0.1) is 0 Å². The molecule has 0 aromatic heterocycles. The van der Waals surface area contributed by atoms with Crippen LogP contribution < -0.4 is 21.5 Å². The molecule has 2 unspecified atom stereocenters. The van der Waals surface area contributed by atoms with Crippen LogP contribution in [0.25, 0.3) is 0 Å². The highest BCUT2D eigenvalue weighted by molar-refractivity contribution is 6.31. The Hall–Kier alpha value is -3.11. The Bertz CT molecular complexity index is 1240. The quantitative estimate of drug-likeness (QED) is 0.290. The molecule has 11 heteroatoms. The summed E-state index contributed by atoms with van der Waals surface area (Å²) in [7, 11) is 0. The molecule has 4 rings (SSSR count). The van der Waals surface area contributed by atoms with Gasteiger partial charge in [-0.1, -0.05) is 35.3 Å². The van der Waals surface area contributed by atoms with Gasteiger partial charge in [-0.3, -0.25) is 10.1 Å². The number of guanidine groups is 1. The van der Waals surface area contributed by atoms with Gasteiger partial charge in [-0.2, -0.15) is 0 Å². The highest BCUT2D eigenvalue weighted by atomic mass is 35.5. The molecule has 2 atom stereocenters. The maximum absolute atomic E-state index is 13.8. The fourth-order valence-electron chi connectivity index (χ4n) is 3.40. The first kappa shape index (κ1) is 24.0. The molecule has 176 valence electrons. The largest absolute Gasteiger partial charge is 0.326 e. The molecule has 4 N–H and O–H groups in total. The lowest BCUT2D eigenvalue weighted by Gasteiger charge is -2.14. The second-order valence-electron chi connectivity index (χ2n) is 7.49. The van der Waals surface area contributed by atoms with E-state index in [1.54, 1.807) is 6.07 Å². The van der Waals surface area contributed by atoms with Crippen molar-refractivity contribution in [3.05, 3.63) is 99.3 Å². The van der Waals surface area contributed by atoms with Crippen molar-refractivity contribution in [3.8, 4) is 0 Å². The molecule has 1 saturated heterocycles. The van der Waals surface area contributed by atoms with Crippen LogP contribution in [0, 0.1) is 17.5 Å². The number of carbonyl (C=O) groups is 1. The Kier molecular flexibility index (Phi) is 7.38. The SMILES string of the molecule is O=C(NC(=NC1CC(c2cccc(Cl)c2)NN1)Nc1cc(F)cc(Cl)c1)c1ccc(F)c(F)c1. The van der Waals surface area contributed by atoms with Gasteiger partial charge in [0.1, 0.15) is 12.0 Å². The molecule has 1 fully saturated rings. The minimum absolute atomic E-state index is 0.0533. The van der Waals surface area contributed by atoms with E-state index in [-0.39, 0.29) is 28.3 Å². The van der Waals surface area contributed by atoms with Gasteiger partial charge in [-0.05, 0) is 54.1 Å². The van der Waals surface area contributed by atoms with Crippen LogP contribution in [0.1, 0.15) is 28.4 Å². The molecule has 34 heavy (non-hydrogen) atoms. The molecule has 6 nitrogen and oxygen atoms in total. The molecule has 3 aromatic carbocycles. The average Bonchev–Trinajstić information content (AvgIpc) is 3.23. The number of aliphatic imine (C=N–C) groups is 1. The molecular formula is C23H18Cl2F3N5O. The van der Waals surface area contributed by atoms with Crippen molar-refractivity contribution in [3.63, 3.8) is 0 Å². The number of hydrogen-bond donors (Lipinski definition) is 4. The third kappa shape index (κ3) is 6.06. The van der Waals surface area contributed by atoms with E-state index in [1.165, 1.54) is 12.1 Å². The number of nitrogens with zero attached hydrogens (tertiary/aromatic N) is 1. The molecule has 0 spiro atoms. The standard InChI is InChI=1S/C23H18Cl2F3N5O/c24-14-3-1-2-12(6-14)20-11-21(33-32-20)30-23(29-17-9-15(25)8-16(26)10-17)31-22(34)13-4-5-18(27)19(28)7-13/h1-10,20-21,32-33H,11H2,(H2,29,30,31,34). The summed E-state index contributed by atoms with van der Waals surface area (Å²) >= 11 is 12.0. The minimum Gasteiger partial charge on any atom is -0.326 e. The number of hydrazine groups is 1. The normalized spacial score (nSPS) is 18.1. The van der Waals surface area contributed by atoms with Gasteiger partial charge in [0.05, 0.1) is 0 Å². The summed E-state index contributed by atoms with van der Waals surface area (Å²) in [5.74, 6) is -3.64. The summed E-state index contributed by atoms with van der Waals surface area (Å²) in [4.78, 5) is 17.1. The van der Waals surface area contributed by atoms with Crippen LogP contribution in [-0.4, -0.2) is 18.0 Å². The van der Waals surface area contributed by atoms with E-state index in [2.05, 4.69) is 26.5 Å². The first-order valence-corrected chi connectivity index (χ1v) is 10.9. The van der Waals surface area contributed by atoms with Crippen molar-refractivity contribution >= 4 is 40.8 Å². The van der Waals surface area contributed by atoms with Crippen molar-refractivity contribution in [2.24, 2.45) is 4.99 Å². The Labute approximate surface area is 203 Å². The smallest absolute Gasteiger partial charge is 0.258 e. The number of hydrogen-bond acceptors (Lipinski definition) is 4. The summed E-state index contributed by atoms with van der Waals surface area (Å²) in [5, 5.41) is 6.06. The zero-order valence-electron chi connectivity index (χ0n) is 17.4. The lowest BCUT2D eigenvalue weighted by molar-refractivity contribution is 0.0976. The number of benzene rings is 3. The summed E-state index contributed by atoms with van der Waals surface area (Å²) in [6.07, 6.45) is -0.00279. The lowest BCUT2D eigenvalue weighted by atomic mass is 10.0. The number of anilines is 1. The minimum atomic E-state index is -1.16. The van der Waals surface area contributed by atoms with Crippen LogP contribution in [0.3, 0.4) is 0 Å². The van der Waals surface area contributed by atoms with Crippen LogP contribution in [-0.2, 0) is 0 Å². The maximum atomic E-state index is 13.8. The van der Waals surface area contributed by atoms with Crippen LogP contribution in [0.15, 0.2) is 65.7 Å². The number of nitrogens with one attached hydrogen (secondary N) is 4. The fraction of sp³-hybridized carbons (Fsp3) is 0.130. The number of rotatable bonds is 4. The Morgan fingerprint density at radius 1 is 0.941 bits per heavy atom.